The van der Waals surface area contributed by atoms with E-state index in [-0.39, 0.29) is 6.03 Å². The molecule has 126 valence electrons. The quantitative estimate of drug-likeness (QED) is 0.803. The number of nitrogens with zero attached hydrogens (tertiary/aromatic N) is 5. The molecule has 0 atom stereocenters. The number of hydrogen-bond donors (Lipinski definition) is 0. The van der Waals surface area contributed by atoms with E-state index in [2.05, 4.69) is 16.0 Å². The molecule has 6 heteroatoms. The van der Waals surface area contributed by atoms with Gasteiger partial charge in [-0.1, -0.05) is 12.1 Å². The molecule has 25 heavy (non-hydrogen) atoms. The molecule has 6 nitrogen and oxygen atoms in total. The van der Waals surface area contributed by atoms with Gasteiger partial charge in [0.1, 0.15) is 5.82 Å². The Hall–Kier alpha value is -3.07. The van der Waals surface area contributed by atoms with E-state index in [1.54, 1.807) is 6.20 Å². The van der Waals surface area contributed by atoms with Crippen molar-refractivity contribution in [3.05, 3.63) is 53.7 Å². The van der Waals surface area contributed by atoms with Crippen molar-refractivity contribution in [1.82, 2.24) is 9.88 Å². The summed E-state index contributed by atoms with van der Waals surface area (Å²) in [4.78, 5) is 23.2. The first-order valence-electron chi connectivity index (χ1n) is 8.52. The van der Waals surface area contributed by atoms with Crippen LogP contribution in [0.4, 0.5) is 16.3 Å². The summed E-state index contributed by atoms with van der Waals surface area (Å²) in [6.07, 6.45) is 2.64. The highest BCUT2D eigenvalue weighted by molar-refractivity contribution is 5.94. The number of nitriles is 1. The molecule has 2 aliphatic rings. The molecule has 1 fully saturated rings. The number of aromatic nitrogens is 1. The molecule has 1 saturated heterocycles. The maximum Gasteiger partial charge on any atom is 0.324 e. The number of benzene rings is 1. The maximum absolute atomic E-state index is 12.9. The van der Waals surface area contributed by atoms with Gasteiger partial charge in [0.2, 0.25) is 0 Å². The van der Waals surface area contributed by atoms with E-state index in [1.165, 1.54) is 0 Å². The number of carbonyl (C=O) groups excluding carboxylic acids is 1. The van der Waals surface area contributed by atoms with Gasteiger partial charge in [0.05, 0.1) is 11.6 Å². The van der Waals surface area contributed by atoms with Crippen molar-refractivity contribution >= 4 is 17.5 Å². The van der Waals surface area contributed by atoms with E-state index in [0.717, 1.165) is 36.6 Å². The van der Waals surface area contributed by atoms with Gasteiger partial charge in [-0.2, -0.15) is 5.26 Å². The molecule has 0 radical (unpaired) electrons. The SMILES string of the molecule is N#Cc1ccc2c(c1)N(C(=O)N1CCN(c3ccccn3)CC1)CC2. The molecule has 2 amide bonds. The van der Waals surface area contributed by atoms with Crippen molar-refractivity contribution in [2.75, 3.05) is 42.5 Å². The summed E-state index contributed by atoms with van der Waals surface area (Å²) >= 11 is 0. The Labute approximate surface area is 146 Å². The second-order valence-corrected chi connectivity index (χ2v) is 6.30. The van der Waals surface area contributed by atoms with Crippen LogP contribution in [0.15, 0.2) is 42.6 Å². The first-order valence-corrected chi connectivity index (χ1v) is 8.52. The number of carbonyl (C=O) groups is 1. The molecule has 3 heterocycles. The van der Waals surface area contributed by atoms with Crippen LogP contribution in [0.2, 0.25) is 0 Å². The van der Waals surface area contributed by atoms with E-state index in [0.29, 0.717) is 25.2 Å². The Morgan fingerprint density at radius 3 is 2.64 bits per heavy atom. The summed E-state index contributed by atoms with van der Waals surface area (Å²) < 4.78 is 0. The fourth-order valence-electron chi connectivity index (χ4n) is 3.49. The third kappa shape index (κ3) is 2.89. The predicted octanol–water partition coefficient (Wildman–Crippen LogP) is 2.26. The Bertz CT molecular complexity index is 821. The second kappa shape index (κ2) is 6.44. The van der Waals surface area contributed by atoms with Crippen LogP contribution in [0.5, 0.6) is 0 Å². The number of hydrogen-bond acceptors (Lipinski definition) is 4. The summed E-state index contributed by atoms with van der Waals surface area (Å²) in [5.41, 5.74) is 2.62. The van der Waals surface area contributed by atoms with Gasteiger partial charge in [-0.05, 0) is 36.2 Å². The normalized spacial score (nSPS) is 16.5. The fourth-order valence-corrected chi connectivity index (χ4v) is 3.49. The highest BCUT2D eigenvalue weighted by atomic mass is 16.2. The number of urea groups is 1. The van der Waals surface area contributed by atoms with Crippen molar-refractivity contribution in [1.29, 1.82) is 5.26 Å². The zero-order chi connectivity index (χ0) is 17.2. The van der Waals surface area contributed by atoms with E-state index in [1.807, 2.05) is 46.2 Å². The number of fused-ring (bicyclic) bond motifs is 1. The molecule has 0 aliphatic carbocycles. The lowest BCUT2D eigenvalue weighted by molar-refractivity contribution is 0.201. The highest BCUT2D eigenvalue weighted by Crippen LogP contribution is 2.30. The van der Waals surface area contributed by atoms with E-state index >= 15 is 0 Å². The topological polar surface area (TPSA) is 63.5 Å². The van der Waals surface area contributed by atoms with Gasteiger partial charge in [-0.15, -0.1) is 0 Å². The maximum atomic E-state index is 12.9. The lowest BCUT2D eigenvalue weighted by atomic mass is 10.1. The van der Waals surface area contributed by atoms with Crippen LogP contribution < -0.4 is 9.80 Å². The first-order chi connectivity index (χ1) is 12.3. The van der Waals surface area contributed by atoms with Crippen molar-refractivity contribution in [2.24, 2.45) is 0 Å². The van der Waals surface area contributed by atoms with Crippen LogP contribution in [0.25, 0.3) is 0 Å². The third-order valence-corrected chi connectivity index (χ3v) is 4.86. The highest BCUT2D eigenvalue weighted by Gasteiger charge is 2.30. The molecular weight excluding hydrogens is 314 g/mol. The number of piperazine rings is 1. The monoisotopic (exact) mass is 333 g/mol. The van der Waals surface area contributed by atoms with Crippen LogP contribution >= 0.6 is 0 Å². The second-order valence-electron chi connectivity index (χ2n) is 6.30. The summed E-state index contributed by atoms with van der Waals surface area (Å²) in [6.45, 7) is 3.60. The lowest BCUT2D eigenvalue weighted by Crippen LogP contribution is -2.53. The van der Waals surface area contributed by atoms with Crippen LogP contribution in [0.1, 0.15) is 11.1 Å². The number of pyridine rings is 1. The Morgan fingerprint density at radius 1 is 1.08 bits per heavy atom. The minimum atomic E-state index is 0.0366. The van der Waals surface area contributed by atoms with E-state index in [9.17, 15) is 4.79 Å². The fraction of sp³-hybridized carbons (Fsp3) is 0.316. The minimum absolute atomic E-state index is 0.0366. The average Bonchev–Trinajstić information content (AvgIpc) is 3.11. The van der Waals surface area contributed by atoms with Gasteiger partial charge in [0, 0.05) is 44.6 Å². The molecular formula is C19H19N5O. The molecule has 0 spiro atoms. The minimum Gasteiger partial charge on any atom is -0.353 e. The van der Waals surface area contributed by atoms with Crippen LogP contribution in [-0.2, 0) is 6.42 Å². The van der Waals surface area contributed by atoms with Crippen molar-refractivity contribution in [2.45, 2.75) is 6.42 Å². The lowest BCUT2D eigenvalue weighted by Gasteiger charge is -2.37. The molecule has 4 rings (SSSR count). The summed E-state index contributed by atoms with van der Waals surface area (Å²) in [6, 6.07) is 13.7. The molecule has 0 N–H and O–H groups in total. The number of rotatable bonds is 1. The third-order valence-electron chi connectivity index (χ3n) is 4.86. The summed E-state index contributed by atoms with van der Waals surface area (Å²) in [7, 11) is 0. The van der Waals surface area contributed by atoms with Gasteiger partial charge < -0.3 is 9.80 Å². The molecule has 1 aromatic carbocycles. The largest absolute Gasteiger partial charge is 0.353 e. The van der Waals surface area contributed by atoms with E-state index in [4.69, 9.17) is 5.26 Å². The van der Waals surface area contributed by atoms with Gasteiger partial charge >= 0.3 is 6.03 Å². The van der Waals surface area contributed by atoms with Gasteiger partial charge in [-0.3, -0.25) is 4.90 Å². The average molecular weight is 333 g/mol. The standard InChI is InChI=1S/C19H19N5O/c20-14-15-4-5-16-6-8-24(17(16)13-15)19(25)23-11-9-22(10-12-23)18-3-1-2-7-21-18/h1-5,7,13H,6,8-12H2. The van der Waals surface area contributed by atoms with Crippen LogP contribution in [0, 0.1) is 11.3 Å². The summed E-state index contributed by atoms with van der Waals surface area (Å²) in [5, 5.41) is 9.10. The predicted molar refractivity (Wildman–Crippen MR) is 95.6 cm³/mol. The molecule has 2 aliphatic heterocycles. The Kier molecular flexibility index (Phi) is 3.98. The Morgan fingerprint density at radius 2 is 1.92 bits per heavy atom. The number of amides is 2. The van der Waals surface area contributed by atoms with Crippen LogP contribution in [0.3, 0.4) is 0 Å². The molecule has 2 aromatic rings. The smallest absolute Gasteiger partial charge is 0.324 e. The van der Waals surface area contributed by atoms with Gasteiger partial charge in [0.25, 0.3) is 0 Å². The zero-order valence-electron chi connectivity index (χ0n) is 13.9. The molecule has 0 bridgehead atoms. The first kappa shape index (κ1) is 15.5. The van der Waals surface area contributed by atoms with Crippen LogP contribution in [-0.4, -0.2) is 48.6 Å². The molecule has 1 aromatic heterocycles. The van der Waals surface area contributed by atoms with Gasteiger partial charge in [-0.25, -0.2) is 9.78 Å². The molecule has 0 unspecified atom stereocenters. The summed E-state index contributed by atoms with van der Waals surface area (Å²) in [5.74, 6) is 0.958. The zero-order valence-corrected chi connectivity index (χ0v) is 13.9. The number of anilines is 2. The molecule has 0 saturated carbocycles. The van der Waals surface area contributed by atoms with E-state index < -0.39 is 0 Å². The van der Waals surface area contributed by atoms with Crippen molar-refractivity contribution in [3.63, 3.8) is 0 Å². The Balaban J connectivity index is 1.45. The van der Waals surface area contributed by atoms with Gasteiger partial charge in [0.15, 0.2) is 0 Å². The van der Waals surface area contributed by atoms with Crippen molar-refractivity contribution in [3.8, 4) is 6.07 Å². The van der Waals surface area contributed by atoms with Crippen molar-refractivity contribution < 1.29 is 4.79 Å².